The summed E-state index contributed by atoms with van der Waals surface area (Å²) < 4.78 is 1.91. The van der Waals surface area contributed by atoms with E-state index in [-0.39, 0.29) is 5.88 Å². The van der Waals surface area contributed by atoms with Gasteiger partial charge in [-0.25, -0.2) is 0 Å². The van der Waals surface area contributed by atoms with Gasteiger partial charge in [0.25, 0.3) is 0 Å². The predicted octanol–water partition coefficient (Wildman–Crippen LogP) is 4.00. The van der Waals surface area contributed by atoms with Crippen molar-refractivity contribution in [2.24, 2.45) is 4.99 Å². The van der Waals surface area contributed by atoms with Gasteiger partial charge in [-0.05, 0) is 31.0 Å². The first-order valence-electron chi connectivity index (χ1n) is 9.05. The van der Waals surface area contributed by atoms with E-state index in [2.05, 4.69) is 11.4 Å². The highest BCUT2D eigenvalue weighted by Crippen LogP contribution is 2.36. The summed E-state index contributed by atoms with van der Waals surface area (Å²) in [5.41, 5.74) is 2.79. The van der Waals surface area contributed by atoms with E-state index in [4.69, 9.17) is 4.99 Å². The van der Waals surface area contributed by atoms with Gasteiger partial charge in [0.1, 0.15) is 5.84 Å². The fraction of sp³-hybridized carbons (Fsp3) is 0.286. The minimum absolute atomic E-state index is 0.261. The molecule has 1 aliphatic heterocycles. The summed E-state index contributed by atoms with van der Waals surface area (Å²) in [7, 11) is 0. The van der Waals surface area contributed by atoms with Crippen LogP contribution in [0.4, 0.5) is 0 Å². The number of aromatic hydroxyl groups is 1. The van der Waals surface area contributed by atoms with E-state index in [0.717, 1.165) is 40.8 Å². The molecule has 2 heterocycles. The molecule has 2 N–H and O–H groups in total. The molecule has 4 nitrogen and oxygen atoms in total. The SMILES string of the molecule is Oc1c(C2=N[C@H]3CCCC[C@@H]3N2)c2ccccc2n1-c1ccccc1. The highest BCUT2D eigenvalue weighted by Gasteiger charge is 2.34. The van der Waals surface area contributed by atoms with Gasteiger partial charge >= 0.3 is 0 Å². The number of amidine groups is 1. The van der Waals surface area contributed by atoms with Crippen LogP contribution in [0.25, 0.3) is 16.6 Å². The van der Waals surface area contributed by atoms with Gasteiger partial charge in [-0.1, -0.05) is 49.2 Å². The lowest BCUT2D eigenvalue weighted by molar-refractivity contribution is 0.384. The van der Waals surface area contributed by atoms with Gasteiger partial charge in [-0.3, -0.25) is 9.56 Å². The van der Waals surface area contributed by atoms with Gasteiger partial charge in [0.05, 0.1) is 17.1 Å². The highest BCUT2D eigenvalue weighted by atomic mass is 16.3. The normalized spacial score (nSPS) is 22.5. The zero-order valence-electron chi connectivity index (χ0n) is 14.0. The second-order valence-corrected chi connectivity index (χ2v) is 6.97. The van der Waals surface area contributed by atoms with Gasteiger partial charge in [0, 0.05) is 17.1 Å². The Labute approximate surface area is 146 Å². The summed E-state index contributed by atoms with van der Waals surface area (Å²) >= 11 is 0. The first-order chi connectivity index (χ1) is 12.3. The van der Waals surface area contributed by atoms with Crippen LogP contribution >= 0.6 is 0 Å². The molecule has 2 atom stereocenters. The second kappa shape index (κ2) is 5.66. The van der Waals surface area contributed by atoms with Crippen molar-refractivity contribution in [3.8, 4) is 11.6 Å². The Morgan fingerprint density at radius 3 is 2.56 bits per heavy atom. The monoisotopic (exact) mass is 331 g/mol. The smallest absolute Gasteiger partial charge is 0.208 e. The van der Waals surface area contributed by atoms with E-state index in [9.17, 15) is 5.11 Å². The standard InChI is InChI=1S/C21H21N3O/c25-21-19(20-22-16-11-5-6-12-17(16)23-20)15-10-4-7-13-18(15)24(21)14-8-2-1-3-9-14/h1-4,7-10,13,16-17,25H,5-6,11-12H2,(H,22,23)/t16-,17-/m0/s1. The summed E-state index contributed by atoms with van der Waals surface area (Å²) in [6.07, 6.45) is 4.81. The van der Waals surface area contributed by atoms with Gasteiger partial charge in [0.15, 0.2) is 0 Å². The van der Waals surface area contributed by atoms with Crippen molar-refractivity contribution in [3.63, 3.8) is 0 Å². The number of benzene rings is 2. The van der Waals surface area contributed by atoms with Crippen LogP contribution in [-0.4, -0.2) is 27.6 Å². The average Bonchev–Trinajstić information content (AvgIpc) is 3.20. The molecule has 0 bridgehead atoms. The number of nitrogens with zero attached hydrogens (tertiary/aromatic N) is 2. The minimum atomic E-state index is 0.261. The van der Waals surface area contributed by atoms with E-state index in [0.29, 0.717) is 12.1 Å². The fourth-order valence-corrected chi connectivity index (χ4v) is 4.25. The van der Waals surface area contributed by atoms with E-state index < -0.39 is 0 Å². The number of rotatable bonds is 2. The van der Waals surface area contributed by atoms with E-state index >= 15 is 0 Å². The third-order valence-corrected chi connectivity index (χ3v) is 5.45. The molecule has 2 aliphatic rings. The quantitative estimate of drug-likeness (QED) is 0.746. The Hall–Kier alpha value is -2.75. The number of aromatic nitrogens is 1. The second-order valence-electron chi connectivity index (χ2n) is 6.97. The lowest BCUT2D eigenvalue weighted by Crippen LogP contribution is -2.37. The molecule has 2 aromatic carbocycles. The summed E-state index contributed by atoms with van der Waals surface area (Å²) in [5, 5.41) is 15.7. The van der Waals surface area contributed by atoms with Gasteiger partial charge < -0.3 is 10.4 Å². The largest absolute Gasteiger partial charge is 0.494 e. The number of fused-ring (bicyclic) bond motifs is 2. The topological polar surface area (TPSA) is 49.6 Å². The number of hydrogen-bond donors (Lipinski definition) is 2. The molecule has 1 aliphatic carbocycles. The molecule has 0 spiro atoms. The molecule has 4 heteroatoms. The molecule has 5 rings (SSSR count). The maximum atomic E-state index is 11.1. The number of hydrogen-bond acceptors (Lipinski definition) is 3. The van der Waals surface area contributed by atoms with Crippen molar-refractivity contribution >= 4 is 16.7 Å². The van der Waals surface area contributed by atoms with Crippen LogP contribution < -0.4 is 5.32 Å². The average molecular weight is 331 g/mol. The molecular weight excluding hydrogens is 310 g/mol. The Bertz CT molecular complexity index is 958. The summed E-state index contributed by atoms with van der Waals surface area (Å²) in [6, 6.07) is 18.9. The Kier molecular flexibility index (Phi) is 3.30. The Morgan fingerprint density at radius 2 is 1.72 bits per heavy atom. The van der Waals surface area contributed by atoms with Crippen LogP contribution in [0.3, 0.4) is 0 Å². The van der Waals surface area contributed by atoms with Crippen LogP contribution in [0.15, 0.2) is 59.6 Å². The van der Waals surface area contributed by atoms with Gasteiger partial charge in [-0.2, -0.15) is 0 Å². The zero-order valence-corrected chi connectivity index (χ0v) is 14.0. The highest BCUT2D eigenvalue weighted by molar-refractivity contribution is 6.13. The third-order valence-electron chi connectivity index (χ3n) is 5.45. The van der Waals surface area contributed by atoms with Crippen molar-refractivity contribution in [1.82, 2.24) is 9.88 Å². The summed E-state index contributed by atoms with van der Waals surface area (Å²) in [4.78, 5) is 4.93. The van der Waals surface area contributed by atoms with Crippen molar-refractivity contribution in [2.75, 3.05) is 0 Å². The molecule has 1 saturated carbocycles. The molecule has 1 fully saturated rings. The van der Waals surface area contributed by atoms with Gasteiger partial charge in [-0.15, -0.1) is 0 Å². The molecule has 0 unspecified atom stereocenters. The van der Waals surface area contributed by atoms with Crippen molar-refractivity contribution in [2.45, 2.75) is 37.8 Å². The fourth-order valence-electron chi connectivity index (χ4n) is 4.25. The minimum Gasteiger partial charge on any atom is -0.494 e. The zero-order chi connectivity index (χ0) is 16.8. The van der Waals surface area contributed by atoms with E-state index in [1.165, 1.54) is 12.8 Å². The predicted molar refractivity (Wildman–Crippen MR) is 101 cm³/mol. The lowest BCUT2D eigenvalue weighted by Gasteiger charge is -2.23. The van der Waals surface area contributed by atoms with Crippen LogP contribution in [0.5, 0.6) is 5.88 Å². The number of para-hydroxylation sites is 2. The maximum Gasteiger partial charge on any atom is 0.208 e. The molecular formula is C21H21N3O. The molecule has 0 saturated heterocycles. The molecule has 25 heavy (non-hydrogen) atoms. The molecule has 3 aromatic rings. The number of aliphatic imine (C=N–C) groups is 1. The molecule has 0 radical (unpaired) electrons. The van der Waals surface area contributed by atoms with E-state index in [1.807, 2.05) is 53.1 Å². The van der Waals surface area contributed by atoms with Crippen LogP contribution in [0, 0.1) is 0 Å². The van der Waals surface area contributed by atoms with Crippen LogP contribution in [0.1, 0.15) is 31.2 Å². The van der Waals surface area contributed by atoms with Crippen LogP contribution in [-0.2, 0) is 0 Å². The third kappa shape index (κ3) is 2.24. The molecule has 0 amide bonds. The summed E-state index contributed by atoms with van der Waals surface area (Å²) in [6.45, 7) is 0. The van der Waals surface area contributed by atoms with Crippen molar-refractivity contribution < 1.29 is 5.11 Å². The maximum absolute atomic E-state index is 11.1. The first-order valence-corrected chi connectivity index (χ1v) is 9.05. The first kappa shape index (κ1) is 14.6. The molecule has 1 aromatic heterocycles. The van der Waals surface area contributed by atoms with Gasteiger partial charge in [0.2, 0.25) is 5.88 Å². The Balaban J connectivity index is 1.71. The van der Waals surface area contributed by atoms with E-state index in [1.54, 1.807) is 0 Å². The summed E-state index contributed by atoms with van der Waals surface area (Å²) in [5.74, 6) is 1.11. The van der Waals surface area contributed by atoms with Crippen LogP contribution in [0.2, 0.25) is 0 Å². The lowest BCUT2D eigenvalue weighted by atomic mass is 9.92. The molecule has 126 valence electrons. The van der Waals surface area contributed by atoms with Crippen molar-refractivity contribution in [1.29, 1.82) is 0 Å². The van der Waals surface area contributed by atoms with Crippen molar-refractivity contribution in [3.05, 3.63) is 60.2 Å². The number of nitrogens with one attached hydrogen (secondary N) is 1. The Morgan fingerprint density at radius 1 is 0.960 bits per heavy atom.